The van der Waals surface area contributed by atoms with Crippen LogP contribution in [-0.2, 0) is 35.0 Å². The number of hydrogen-bond donors (Lipinski definition) is 3. The summed E-state index contributed by atoms with van der Waals surface area (Å²) in [5, 5.41) is 43.0. The number of ether oxygens (including phenoxy) is 4. The van der Waals surface area contributed by atoms with Crippen LogP contribution >= 0.6 is 0 Å². The second kappa shape index (κ2) is 17.5. The molecular weight excluding hydrogens is 670 g/mol. The molecule has 0 bridgehead atoms. The minimum absolute atomic E-state index is 0.216. The molecule has 0 radical (unpaired) electrons. The Morgan fingerprint density at radius 3 is 2.44 bits per heavy atom. The van der Waals surface area contributed by atoms with Crippen molar-refractivity contribution in [3.8, 4) is 5.69 Å². The molecule has 0 aliphatic carbocycles. The Labute approximate surface area is 308 Å². The first-order valence-corrected chi connectivity index (χ1v) is 18.6. The minimum atomic E-state index is -1.85. The van der Waals surface area contributed by atoms with Crippen molar-refractivity contribution in [2.24, 2.45) is 23.7 Å². The van der Waals surface area contributed by atoms with Gasteiger partial charge >= 0.3 is 5.97 Å². The lowest BCUT2D eigenvalue weighted by Crippen LogP contribution is -2.59. The fourth-order valence-electron chi connectivity index (χ4n) is 8.06. The predicted molar refractivity (Wildman–Crippen MR) is 192 cm³/mol. The van der Waals surface area contributed by atoms with E-state index in [0.717, 1.165) is 11.4 Å². The number of nitrogens with zero attached hydrogens (tertiary/aromatic N) is 5. The number of hydrogen-bond acceptors (Lipinski definition) is 13. The van der Waals surface area contributed by atoms with Crippen molar-refractivity contribution in [2.75, 3.05) is 20.7 Å². The lowest BCUT2D eigenvalue weighted by atomic mass is 9.74. The van der Waals surface area contributed by atoms with Crippen molar-refractivity contribution in [1.29, 1.82) is 0 Å². The summed E-state index contributed by atoms with van der Waals surface area (Å²) in [5.41, 5.74) is -1.31. The first kappa shape index (κ1) is 41.9. The van der Waals surface area contributed by atoms with Gasteiger partial charge in [-0.3, -0.25) is 14.6 Å². The van der Waals surface area contributed by atoms with Crippen LogP contribution in [-0.4, -0.2) is 127 Å². The topological polar surface area (TPSA) is 179 Å². The zero-order chi connectivity index (χ0) is 38.5. The number of carbonyl (C=O) groups excluding carboxylic acids is 2. The van der Waals surface area contributed by atoms with Crippen LogP contribution in [0.5, 0.6) is 0 Å². The molecule has 2 fully saturated rings. The fourth-order valence-corrected chi connectivity index (χ4v) is 8.06. The van der Waals surface area contributed by atoms with Gasteiger partial charge in [-0.15, -0.1) is 5.10 Å². The normalized spacial score (nSPS) is 38.5. The van der Waals surface area contributed by atoms with E-state index in [4.69, 9.17) is 18.9 Å². The van der Waals surface area contributed by atoms with Crippen LogP contribution in [0.1, 0.15) is 86.8 Å². The maximum Gasteiger partial charge on any atom is 0.309 e. The Morgan fingerprint density at radius 2 is 1.81 bits per heavy atom. The van der Waals surface area contributed by atoms with Gasteiger partial charge in [0.15, 0.2) is 6.29 Å². The van der Waals surface area contributed by atoms with E-state index >= 15 is 0 Å². The van der Waals surface area contributed by atoms with Crippen LogP contribution in [0.4, 0.5) is 0 Å². The number of ketones is 1. The quantitative estimate of drug-likeness (QED) is 0.321. The van der Waals surface area contributed by atoms with Crippen LogP contribution in [0, 0.1) is 23.7 Å². The highest BCUT2D eigenvalue weighted by molar-refractivity contribution is 5.83. The van der Waals surface area contributed by atoms with Crippen LogP contribution in [0.2, 0.25) is 0 Å². The van der Waals surface area contributed by atoms with E-state index in [2.05, 4.69) is 20.2 Å². The molecule has 0 amide bonds. The molecule has 13 atom stereocenters. The minimum Gasteiger partial charge on any atom is -0.459 e. The largest absolute Gasteiger partial charge is 0.459 e. The maximum absolute atomic E-state index is 13.8. The number of esters is 1. The van der Waals surface area contributed by atoms with Crippen LogP contribution in [0.3, 0.4) is 0 Å². The van der Waals surface area contributed by atoms with Crippen molar-refractivity contribution in [3.63, 3.8) is 0 Å². The number of carbonyl (C=O) groups is 2. The number of rotatable bonds is 9. The van der Waals surface area contributed by atoms with Gasteiger partial charge in [0.2, 0.25) is 0 Å². The molecule has 0 aromatic carbocycles. The van der Waals surface area contributed by atoms with Crippen molar-refractivity contribution in [3.05, 3.63) is 36.4 Å². The Kier molecular flexibility index (Phi) is 14.1. The van der Waals surface area contributed by atoms with E-state index in [1.807, 2.05) is 46.1 Å². The molecule has 14 nitrogen and oxygen atoms in total. The van der Waals surface area contributed by atoms with Gasteiger partial charge in [-0.2, -0.15) is 0 Å². The molecule has 52 heavy (non-hydrogen) atoms. The van der Waals surface area contributed by atoms with E-state index in [0.29, 0.717) is 25.8 Å². The molecule has 0 spiro atoms. The predicted octanol–water partition coefficient (Wildman–Crippen LogP) is 3.13. The highest BCUT2D eigenvalue weighted by Gasteiger charge is 2.50. The Morgan fingerprint density at radius 1 is 1.10 bits per heavy atom. The third-order valence-corrected chi connectivity index (χ3v) is 11.3. The molecule has 2 aromatic heterocycles. The summed E-state index contributed by atoms with van der Waals surface area (Å²) in [6.45, 7) is 14.6. The zero-order valence-electron chi connectivity index (χ0n) is 32.5. The monoisotopic (exact) mass is 731 g/mol. The molecule has 2 aliphatic heterocycles. The lowest BCUT2D eigenvalue weighted by Gasteiger charge is -2.47. The Hall–Kier alpha value is -2.85. The highest BCUT2D eigenvalue weighted by Crippen LogP contribution is 2.39. The summed E-state index contributed by atoms with van der Waals surface area (Å²) >= 11 is 0. The number of pyridine rings is 1. The molecule has 2 aliphatic rings. The number of methoxy groups -OCH3 is 1. The summed E-state index contributed by atoms with van der Waals surface area (Å²) in [5.74, 6) is -3.28. The van der Waals surface area contributed by atoms with Crippen LogP contribution in [0.15, 0.2) is 30.7 Å². The molecule has 4 heterocycles. The van der Waals surface area contributed by atoms with Gasteiger partial charge in [-0.05, 0) is 71.6 Å². The second-order valence-corrected chi connectivity index (χ2v) is 15.7. The van der Waals surface area contributed by atoms with Crippen molar-refractivity contribution in [2.45, 2.75) is 142 Å². The summed E-state index contributed by atoms with van der Waals surface area (Å²) in [6.07, 6.45) is 1.71. The van der Waals surface area contributed by atoms with Gasteiger partial charge in [-0.1, -0.05) is 39.8 Å². The standard InChI is InChI=1S/C38H61N5O9/c1-11-30-38(8,48)33(46)26(6)31(44)24(4)19-37(7,49-10)34(22(2)17-23(3)35(47)51-30)52-36-32(45)29(18-25(5)50-36)42(9)16-14-27-21-43(41-40-27)28-13-12-15-39-20-28/h12-13,15,20-26,29-30,32-34,36,45-46,48H,11,14,16-19H2,1-10H3/t22-,23+,24+,25+,26-,29-,30+,32+,33+,34+,36-,37+,38+/m0/s1. The number of aromatic nitrogens is 4. The average molecular weight is 732 g/mol. The molecular formula is C38H61N5O9. The molecule has 4 rings (SSSR count). The number of aliphatic hydroxyl groups excluding tert-OH is 2. The molecule has 14 heteroatoms. The number of aliphatic hydroxyl groups is 3. The van der Waals surface area contributed by atoms with Crippen molar-refractivity contribution in [1.82, 2.24) is 24.9 Å². The van der Waals surface area contributed by atoms with E-state index in [1.165, 1.54) is 6.92 Å². The molecule has 3 N–H and O–H groups in total. The van der Waals surface area contributed by atoms with Crippen molar-refractivity contribution >= 4 is 11.8 Å². The molecule has 292 valence electrons. The van der Waals surface area contributed by atoms with Crippen molar-refractivity contribution < 1.29 is 43.9 Å². The van der Waals surface area contributed by atoms with E-state index < -0.39 is 65.6 Å². The van der Waals surface area contributed by atoms with E-state index in [1.54, 1.807) is 51.9 Å². The average Bonchev–Trinajstić information content (AvgIpc) is 3.60. The summed E-state index contributed by atoms with van der Waals surface area (Å²) in [7, 11) is 3.51. The smallest absolute Gasteiger partial charge is 0.309 e. The van der Waals surface area contributed by atoms with Crippen LogP contribution < -0.4 is 0 Å². The number of likely N-dealkylation sites (N-methyl/N-ethyl adjacent to an activating group) is 1. The van der Waals surface area contributed by atoms with Gasteiger partial charge < -0.3 is 39.2 Å². The van der Waals surface area contributed by atoms with E-state index in [9.17, 15) is 24.9 Å². The maximum atomic E-state index is 13.8. The van der Waals surface area contributed by atoms with Gasteiger partial charge in [0.05, 0.1) is 53.6 Å². The SMILES string of the molecule is CC[C@H]1OC(=O)[C@H](C)C[C@H](C)[C@@H](O[C@@H]2O[C@H](C)C[C@H](N(C)CCc3cn(-c4cccnc4)nn3)[C@H]2O)[C@](C)(OC)C[C@@H](C)C(=O)[C@H](C)[C@@H](O)[C@]1(C)O. The summed E-state index contributed by atoms with van der Waals surface area (Å²) in [6, 6.07) is 3.44. The number of Topliss-reactive ketones (excluding diaryl/α,β-unsaturated/α-hetero) is 1. The Balaban J connectivity index is 1.56. The third kappa shape index (κ3) is 9.44. The second-order valence-electron chi connectivity index (χ2n) is 15.7. The molecule has 0 saturated carbocycles. The lowest BCUT2D eigenvalue weighted by molar-refractivity contribution is -0.298. The Bertz CT molecular complexity index is 1460. The van der Waals surface area contributed by atoms with Gasteiger partial charge in [0.25, 0.3) is 0 Å². The zero-order valence-corrected chi connectivity index (χ0v) is 32.5. The highest BCUT2D eigenvalue weighted by atomic mass is 16.7. The van der Waals surface area contributed by atoms with Crippen LogP contribution in [0.25, 0.3) is 5.69 Å². The van der Waals surface area contributed by atoms with Gasteiger partial charge in [0, 0.05) is 44.1 Å². The molecule has 0 unspecified atom stereocenters. The first-order chi connectivity index (χ1) is 24.4. The number of cyclic esters (lactones) is 1. The molecule has 2 saturated heterocycles. The van der Waals surface area contributed by atoms with Gasteiger partial charge in [0.1, 0.15) is 23.6 Å². The first-order valence-electron chi connectivity index (χ1n) is 18.6. The summed E-state index contributed by atoms with van der Waals surface area (Å²) < 4.78 is 26.7. The molecule has 2 aromatic rings. The summed E-state index contributed by atoms with van der Waals surface area (Å²) in [4.78, 5) is 33.5. The third-order valence-electron chi connectivity index (χ3n) is 11.3. The fraction of sp³-hybridized carbons (Fsp3) is 0.763. The van der Waals surface area contributed by atoms with E-state index in [-0.39, 0.29) is 36.7 Å². The van der Waals surface area contributed by atoms with Gasteiger partial charge in [-0.25, -0.2) is 4.68 Å².